The second-order valence-corrected chi connectivity index (χ2v) is 6.02. The number of ether oxygens (including phenoxy) is 1. The van der Waals surface area contributed by atoms with E-state index in [0.717, 1.165) is 11.1 Å². The van der Waals surface area contributed by atoms with E-state index >= 15 is 0 Å². The second-order valence-electron chi connectivity index (χ2n) is 6.02. The number of nitriles is 1. The van der Waals surface area contributed by atoms with Gasteiger partial charge in [0, 0.05) is 11.6 Å². The Morgan fingerprint density at radius 2 is 1.89 bits per heavy atom. The molecule has 0 spiro atoms. The minimum atomic E-state index is -0.595. The third-order valence-electron chi connectivity index (χ3n) is 4.20. The van der Waals surface area contributed by atoms with Crippen LogP contribution in [-0.4, -0.2) is 22.9 Å². The first-order chi connectivity index (χ1) is 13.0. The zero-order valence-electron chi connectivity index (χ0n) is 15.0. The molecule has 3 rings (SSSR count). The first-order valence-electron chi connectivity index (χ1n) is 8.29. The molecule has 2 aromatic carbocycles. The van der Waals surface area contributed by atoms with E-state index in [0.29, 0.717) is 11.3 Å². The normalized spacial score (nSPS) is 10.3. The van der Waals surface area contributed by atoms with Crippen molar-refractivity contribution >= 4 is 5.97 Å². The molecule has 0 fully saturated rings. The average Bonchev–Trinajstić information content (AvgIpc) is 2.69. The first-order valence-corrected chi connectivity index (χ1v) is 8.29. The van der Waals surface area contributed by atoms with Crippen molar-refractivity contribution < 1.29 is 9.53 Å². The maximum absolute atomic E-state index is 12.3. The first kappa shape index (κ1) is 18.1. The Hall–Kier alpha value is -3.72. The molecule has 0 atom stereocenters. The minimum absolute atomic E-state index is 0.0757. The number of carbonyl (C=O) groups is 1. The van der Waals surface area contributed by atoms with Gasteiger partial charge in [-0.25, -0.2) is 9.48 Å². The lowest BCUT2D eigenvalue weighted by Crippen LogP contribution is -2.23. The smallest absolute Gasteiger partial charge is 0.339 e. The highest BCUT2D eigenvalue weighted by molar-refractivity contribution is 5.92. The van der Waals surface area contributed by atoms with Crippen LogP contribution < -0.4 is 5.56 Å². The summed E-state index contributed by atoms with van der Waals surface area (Å²) in [6.07, 6.45) is 0. The number of methoxy groups -OCH3 is 1. The summed E-state index contributed by atoms with van der Waals surface area (Å²) < 4.78 is 6.00. The maximum Gasteiger partial charge on any atom is 0.339 e. The molecule has 0 amide bonds. The Morgan fingerprint density at radius 1 is 1.15 bits per heavy atom. The van der Waals surface area contributed by atoms with Crippen LogP contribution in [0.15, 0.2) is 59.4 Å². The summed E-state index contributed by atoms with van der Waals surface area (Å²) in [5.41, 5.74) is 3.24. The molecule has 0 aliphatic heterocycles. The predicted molar refractivity (Wildman–Crippen MR) is 100 cm³/mol. The van der Waals surface area contributed by atoms with E-state index in [9.17, 15) is 14.9 Å². The standard InChI is InChI=1S/C21H17N3O3/c1-14-6-8-15(9-7-14)19-10-11-20(25)24(23-19)13-16-4-3-5-17(18(16)12-22)21(26)27-2/h3-11H,13H2,1-2H3. The summed E-state index contributed by atoms with van der Waals surface area (Å²) in [6, 6.07) is 17.8. The largest absolute Gasteiger partial charge is 0.465 e. The summed E-state index contributed by atoms with van der Waals surface area (Å²) in [5.74, 6) is -0.595. The summed E-state index contributed by atoms with van der Waals surface area (Å²) >= 11 is 0. The number of benzene rings is 2. The van der Waals surface area contributed by atoms with Gasteiger partial charge in [-0.05, 0) is 24.6 Å². The fraction of sp³-hybridized carbons (Fsp3) is 0.143. The van der Waals surface area contributed by atoms with Gasteiger partial charge in [0.15, 0.2) is 0 Å². The summed E-state index contributed by atoms with van der Waals surface area (Å²) in [4.78, 5) is 24.1. The van der Waals surface area contributed by atoms with Crippen LogP contribution in [0, 0.1) is 18.3 Å². The van der Waals surface area contributed by atoms with E-state index < -0.39 is 5.97 Å². The van der Waals surface area contributed by atoms with E-state index in [4.69, 9.17) is 4.74 Å². The fourth-order valence-electron chi connectivity index (χ4n) is 2.75. The Kier molecular flexibility index (Phi) is 5.13. The van der Waals surface area contributed by atoms with Crippen LogP contribution in [0.1, 0.15) is 27.0 Å². The molecule has 0 aliphatic rings. The SMILES string of the molecule is COC(=O)c1cccc(Cn2nc(-c3ccc(C)cc3)ccc2=O)c1C#N. The van der Waals surface area contributed by atoms with E-state index in [-0.39, 0.29) is 23.2 Å². The molecule has 0 saturated carbocycles. The Labute approximate surface area is 156 Å². The zero-order valence-corrected chi connectivity index (χ0v) is 15.0. The van der Waals surface area contributed by atoms with Crippen molar-refractivity contribution in [2.24, 2.45) is 0 Å². The molecule has 27 heavy (non-hydrogen) atoms. The molecule has 0 bridgehead atoms. The minimum Gasteiger partial charge on any atom is -0.465 e. The second kappa shape index (κ2) is 7.67. The molecule has 6 heteroatoms. The highest BCUT2D eigenvalue weighted by Gasteiger charge is 2.16. The molecular weight excluding hydrogens is 342 g/mol. The highest BCUT2D eigenvalue weighted by Crippen LogP contribution is 2.18. The van der Waals surface area contributed by atoms with E-state index in [1.165, 1.54) is 23.9 Å². The molecule has 1 aromatic heterocycles. The van der Waals surface area contributed by atoms with Gasteiger partial charge in [-0.3, -0.25) is 4.79 Å². The highest BCUT2D eigenvalue weighted by atomic mass is 16.5. The number of hydrogen-bond acceptors (Lipinski definition) is 5. The third kappa shape index (κ3) is 3.77. The number of aryl methyl sites for hydroxylation is 1. The number of nitrogens with zero attached hydrogens (tertiary/aromatic N) is 3. The number of esters is 1. The number of hydrogen-bond donors (Lipinski definition) is 0. The zero-order chi connectivity index (χ0) is 19.4. The summed E-state index contributed by atoms with van der Waals surface area (Å²) in [5, 5.41) is 13.9. The molecule has 0 aliphatic carbocycles. The van der Waals surface area contributed by atoms with Crippen LogP contribution in [-0.2, 0) is 11.3 Å². The van der Waals surface area contributed by atoms with E-state index in [1.807, 2.05) is 37.3 Å². The lowest BCUT2D eigenvalue weighted by molar-refractivity contribution is 0.0600. The molecular formula is C21H17N3O3. The number of aromatic nitrogens is 2. The molecule has 0 saturated heterocycles. The van der Waals surface area contributed by atoms with Crippen molar-refractivity contribution in [3.63, 3.8) is 0 Å². The molecule has 3 aromatic rings. The van der Waals surface area contributed by atoms with E-state index in [2.05, 4.69) is 5.10 Å². The van der Waals surface area contributed by atoms with Crippen LogP contribution in [0.25, 0.3) is 11.3 Å². The average molecular weight is 359 g/mol. The molecule has 6 nitrogen and oxygen atoms in total. The Bertz CT molecular complexity index is 1090. The van der Waals surface area contributed by atoms with Gasteiger partial charge in [0.1, 0.15) is 6.07 Å². The Balaban J connectivity index is 2.03. The van der Waals surface area contributed by atoms with Gasteiger partial charge in [-0.2, -0.15) is 10.4 Å². The van der Waals surface area contributed by atoms with Gasteiger partial charge in [0.2, 0.25) is 0 Å². The van der Waals surface area contributed by atoms with Gasteiger partial charge in [-0.1, -0.05) is 42.0 Å². The lowest BCUT2D eigenvalue weighted by atomic mass is 10.0. The van der Waals surface area contributed by atoms with Crippen LogP contribution in [0.2, 0.25) is 0 Å². The van der Waals surface area contributed by atoms with Gasteiger partial charge < -0.3 is 4.74 Å². The topological polar surface area (TPSA) is 85.0 Å². The monoisotopic (exact) mass is 359 g/mol. The maximum atomic E-state index is 12.3. The molecule has 0 radical (unpaired) electrons. The Morgan fingerprint density at radius 3 is 2.56 bits per heavy atom. The van der Waals surface area contributed by atoms with Crippen molar-refractivity contribution in [3.8, 4) is 17.3 Å². The van der Waals surface area contributed by atoms with E-state index in [1.54, 1.807) is 18.2 Å². The summed E-state index contributed by atoms with van der Waals surface area (Å²) in [7, 11) is 1.26. The summed E-state index contributed by atoms with van der Waals surface area (Å²) in [6.45, 7) is 2.07. The van der Waals surface area contributed by atoms with Gasteiger partial charge in [0.25, 0.3) is 5.56 Å². The van der Waals surface area contributed by atoms with Gasteiger partial charge in [0.05, 0.1) is 30.5 Å². The predicted octanol–water partition coefficient (Wildman–Crippen LogP) is 2.93. The van der Waals surface area contributed by atoms with Gasteiger partial charge >= 0.3 is 5.97 Å². The third-order valence-corrected chi connectivity index (χ3v) is 4.20. The van der Waals surface area contributed by atoms with Crippen LogP contribution in [0.3, 0.4) is 0 Å². The quantitative estimate of drug-likeness (QED) is 0.669. The fourth-order valence-corrected chi connectivity index (χ4v) is 2.75. The van der Waals surface area contributed by atoms with Crippen molar-refractivity contribution in [3.05, 3.63) is 87.2 Å². The van der Waals surface area contributed by atoms with Crippen molar-refractivity contribution in [2.75, 3.05) is 7.11 Å². The molecule has 134 valence electrons. The molecule has 0 unspecified atom stereocenters. The number of rotatable bonds is 4. The van der Waals surface area contributed by atoms with Crippen molar-refractivity contribution in [2.45, 2.75) is 13.5 Å². The van der Waals surface area contributed by atoms with Crippen molar-refractivity contribution in [1.29, 1.82) is 5.26 Å². The van der Waals surface area contributed by atoms with Crippen LogP contribution in [0.4, 0.5) is 0 Å². The van der Waals surface area contributed by atoms with Gasteiger partial charge in [-0.15, -0.1) is 0 Å². The van der Waals surface area contributed by atoms with Crippen molar-refractivity contribution in [1.82, 2.24) is 9.78 Å². The van der Waals surface area contributed by atoms with Crippen LogP contribution >= 0.6 is 0 Å². The lowest BCUT2D eigenvalue weighted by Gasteiger charge is -2.10. The van der Waals surface area contributed by atoms with Crippen LogP contribution in [0.5, 0.6) is 0 Å². The molecule has 0 N–H and O–H groups in total. The molecule has 1 heterocycles. The number of carbonyl (C=O) groups excluding carboxylic acids is 1.